The lowest BCUT2D eigenvalue weighted by Crippen LogP contribution is -2.15. The van der Waals surface area contributed by atoms with Gasteiger partial charge in [0.2, 0.25) is 0 Å². The molecule has 0 N–H and O–H groups in total. The minimum absolute atomic E-state index is 0.116. The Kier molecular flexibility index (Phi) is 6.39. The van der Waals surface area contributed by atoms with Crippen molar-refractivity contribution in [1.82, 2.24) is 15.0 Å². The third kappa shape index (κ3) is 4.53. The van der Waals surface area contributed by atoms with E-state index in [1.807, 2.05) is 29.5 Å². The lowest BCUT2D eigenvalue weighted by atomic mass is 9.82. The van der Waals surface area contributed by atoms with E-state index in [-0.39, 0.29) is 5.41 Å². The largest absolute Gasteiger partial charge is 0.208 e. The molecule has 7 aromatic carbocycles. The topological polar surface area (TPSA) is 38.7 Å². The van der Waals surface area contributed by atoms with Gasteiger partial charge in [-0.25, -0.2) is 15.0 Å². The summed E-state index contributed by atoms with van der Waals surface area (Å²) >= 11 is 1.86. The summed E-state index contributed by atoms with van der Waals surface area (Å²) in [5.41, 5.74) is 10.4. The molecule has 0 atom stereocenters. The first kappa shape index (κ1) is 29.0. The minimum atomic E-state index is -0.116. The maximum Gasteiger partial charge on any atom is 0.164 e. The van der Waals surface area contributed by atoms with Crippen LogP contribution < -0.4 is 0 Å². The van der Waals surface area contributed by atoms with Crippen molar-refractivity contribution >= 4 is 42.3 Å². The fraction of sp³-hybridized carbons (Fsp3) is 0.0652. The number of hydrogen-bond donors (Lipinski definition) is 0. The van der Waals surface area contributed by atoms with Gasteiger partial charge in [0, 0.05) is 42.3 Å². The summed E-state index contributed by atoms with van der Waals surface area (Å²) < 4.78 is 2.59. The maximum atomic E-state index is 5.17. The lowest BCUT2D eigenvalue weighted by molar-refractivity contribution is 0.660. The maximum absolute atomic E-state index is 5.17. The van der Waals surface area contributed by atoms with Crippen molar-refractivity contribution in [2.45, 2.75) is 19.3 Å². The number of fused-ring (bicyclic) bond motifs is 7. The molecule has 0 unspecified atom stereocenters. The van der Waals surface area contributed by atoms with Gasteiger partial charge in [-0.05, 0) is 68.4 Å². The second-order valence-corrected chi connectivity index (χ2v) is 14.7. The fourth-order valence-corrected chi connectivity index (χ4v) is 9.00. The zero-order chi connectivity index (χ0) is 33.4. The summed E-state index contributed by atoms with van der Waals surface area (Å²) in [7, 11) is 0. The second-order valence-electron chi connectivity index (χ2n) is 13.7. The van der Waals surface area contributed by atoms with Gasteiger partial charge in [0.1, 0.15) is 0 Å². The first-order valence-corrected chi connectivity index (χ1v) is 17.8. The highest BCUT2D eigenvalue weighted by molar-refractivity contribution is 7.26. The third-order valence-electron chi connectivity index (χ3n) is 10.3. The van der Waals surface area contributed by atoms with Gasteiger partial charge in [0.05, 0.1) is 0 Å². The molecular formula is C46H31N3S. The average Bonchev–Trinajstić information content (AvgIpc) is 3.65. The Hall–Kier alpha value is -5.97. The molecule has 0 spiro atoms. The van der Waals surface area contributed by atoms with Crippen LogP contribution in [0, 0.1) is 0 Å². The normalized spacial score (nSPS) is 13.2. The lowest BCUT2D eigenvalue weighted by Gasteiger charge is -2.21. The van der Waals surface area contributed by atoms with Crippen LogP contribution in [-0.4, -0.2) is 15.0 Å². The number of aromatic nitrogens is 3. The van der Waals surface area contributed by atoms with Crippen LogP contribution in [0.4, 0.5) is 0 Å². The fourth-order valence-electron chi connectivity index (χ4n) is 7.73. The Morgan fingerprint density at radius 2 is 1.02 bits per heavy atom. The molecule has 4 heteroatoms. The zero-order valence-corrected chi connectivity index (χ0v) is 28.5. The number of rotatable bonds is 4. The highest BCUT2D eigenvalue weighted by Crippen LogP contribution is 2.49. The molecule has 10 rings (SSSR count). The SMILES string of the molecule is CC1(C)c2ccccc2-c2ccc(-c3nc(-c4ccccc4)nc(-c4cccc(-c5cccc6c5sc5cc7ccccc7cc56)c4)n3)cc21. The van der Waals surface area contributed by atoms with Crippen LogP contribution in [0.5, 0.6) is 0 Å². The summed E-state index contributed by atoms with van der Waals surface area (Å²) in [5.74, 6) is 2.00. The van der Waals surface area contributed by atoms with Crippen LogP contribution in [0.2, 0.25) is 0 Å². The smallest absolute Gasteiger partial charge is 0.164 e. The summed E-state index contributed by atoms with van der Waals surface area (Å²) in [5, 5.41) is 5.13. The third-order valence-corrected chi connectivity index (χ3v) is 11.5. The predicted molar refractivity (Wildman–Crippen MR) is 210 cm³/mol. The van der Waals surface area contributed by atoms with E-state index >= 15 is 0 Å². The number of benzene rings is 7. The van der Waals surface area contributed by atoms with E-state index < -0.39 is 0 Å². The van der Waals surface area contributed by atoms with Crippen molar-refractivity contribution < 1.29 is 0 Å². The standard InChI is InChI=1S/C46H31N3S/c1-46(2)39-21-9-8-18-35(39)36-23-22-33(26-40(36)46)45-48-43(28-12-4-3-5-13-28)47-44(49-45)32-17-10-16-31(24-32)34-19-11-20-37-38-25-29-14-6-7-15-30(29)27-41(38)50-42(34)37/h3-27H,1-2H3. The van der Waals surface area contributed by atoms with Crippen molar-refractivity contribution in [1.29, 1.82) is 0 Å². The van der Waals surface area contributed by atoms with E-state index in [1.165, 1.54) is 58.8 Å². The monoisotopic (exact) mass is 657 g/mol. The molecule has 0 bridgehead atoms. The van der Waals surface area contributed by atoms with Crippen LogP contribution in [0.1, 0.15) is 25.0 Å². The van der Waals surface area contributed by atoms with E-state index in [1.54, 1.807) is 0 Å². The van der Waals surface area contributed by atoms with Gasteiger partial charge in [-0.2, -0.15) is 0 Å². The van der Waals surface area contributed by atoms with E-state index in [2.05, 4.69) is 147 Å². The molecule has 2 heterocycles. The molecular weight excluding hydrogens is 627 g/mol. The van der Waals surface area contributed by atoms with Gasteiger partial charge in [-0.15, -0.1) is 11.3 Å². The van der Waals surface area contributed by atoms with E-state index in [4.69, 9.17) is 15.0 Å². The summed E-state index contributed by atoms with van der Waals surface area (Å²) in [6.07, 6.45) is 0. The Balaban J connectivity index is 1.12. The van der Waals surface area contributed by atoms with Crippen LogP contribution in [-0.2, 0) is 5.41 Å². The molecule has 0 fully saturated rings. The van der Waals surface area contributed by atoms with Gasteiger partial charge in [-0.3, -0.25) is 0 Å². The second kappa shape index (κ2) is 11.0. The molecule has 0 saturated heterocycles. The molecule has 3 nitrogen and oxygen atoms in total. The molecule has 1 aliphatic carbocycles. The highest BCUT2D eigenvalue weighted by atomic mass is 32.1. The molecule has 236 valence electrons. The molecule has 0 amide bonds. The first-order chi connectivity index (χ1) is 24.5. The van der Waals surface area contributed by atoms with Crippen molar-refractivity contribution in [3.8, 4) is 56.4 Å². The highest BCUT2D eigenvalue weighted by Gasteiger charge is 2.35. The summed E-state index contributed by atoms with van der Waals surface area (Å²) in [4.78, 5) is 15.3. The first-order valence-electron chi connectivity index (χ1n) is 17.0. The van der Waals surface area contributed by atoms with Gasteiger partial charge in [0.15, 0.2) is 17.5 Å². The number of hydrogen-bond acceptors (Lipinski definition) is 4. The Labute approximate surface area is 294 Å². The van der Waals surface area contributed by atoms with Crippen LogP contribution in [0.25, 0.3) is 87.4 Å². The van der Waals surface area contributed by atoms with Gasteiger partial charge in [-0.1, -0.05) is 141 Å². The molecule has 1 aliphatic rings. The molecule has 0 saturated carbocycles. The molecule has 2 aromatic heterocycles. The van der Waals surface area contributed by atoms with Gasteiger partial charge < -0.3 is 0 Å². The van der Waals surface area contributed by atoms with E-state index in [9.17, 15) is 0 Å². The van der Waals surface area contributed by atoms with Crippen LogP contribution in [0.15, 0.2) is 152 Å². The van der Waals surface area contributed by atoms with Crippen molar-refractivity contribution in [2.24, 2.45) is 0 Å². The predicted octanol–water partition coefficient (Wildman–Crippen LogP) is 12.4. The van der Waals surface area contributed by atoms with Crippen LogP contribution in [0.3, 0.4) is 0 Å². The van der Waals surface area contributed by atoms with Gasteiger partial charge >= 0.3 is 0 Å². The zero-order valence-electron chi connectivity index (χ0n) is 27.7. The summed E-state index contributed by atoms with van der Waals surface area (Å²) in [6, 6.07) is 54.2. The van der Waals surface area contributed by atoms with Crippen molar-refractivity contribution in [3.05, 3.63) is 163 Å². The van der Waals surface area contributed by atoms with Crippen molar-refractivity contribution in [2.75, 3.05) is 0 Å². The van der Waals surface area contributed by atoms with Crippen molar-refractivity contribution in [3.63, 3.8) is 0 Å². The Bertz CT molecular complexity index is 2790. The summed E-state index contributed by atoms with van der Waals surface area (Å²) in [6.45, 7) is 4.61. The number of thiophene rings is 1. The molecule has 0 aliphatic heterocycles. The Morgan fingerprint density at radius 3 is 1.84 bits per heavy atom. The van der Waals surface area contributed by atoms with Gasteiger partial charge in [0.25, 0.3) is 0 Å². The van der Waals surface area contributed by atoms with E-state index in [0.717, 1.165) is 22.3 Å². The molecule has 0 radical (unpaired) electrons. The minimum Gasteiger partial charge on any atom is -0.208 e. The van der Waals surface area contributed by atoms with E-state index in [0.29, 0.717) is 17.5 Å². The van der Waals surface area contributed by atoms with Crippen LogP contribution >= 0.6 is 11.3 Å². The molecule has 9 aromatic rings. The number of nitrogens with zero attached hydrogens (tertiary/aromatic N) is 3. The molecule has 50 heavy (non-hydrogen) atoms. The average molecular weight is 658 g/mol. The Morgan fingerprint density at radius 1 is 0.420 bits per heavy atom. The quantitative estimate of drug-likeness (QED) is 0.189.